The van der Waals surface area contributed by atoms with E-state index in [-0.39, 0.29) is 0 Å². The van der Waals surface area contributed by atoms with Crippen molar-refractivity contribution < 1.29 is 0 Å². The Bertz CT molecular complexity index is 884. The van der Waals surface area contributed by atoms with Crippen LogP contribution in [-0.4, -0.2) is 50.8 Å². The minimum absolute atomic E-state index is 0.439. The summed E-state index contributed by atoms with van der Waals surface area (Å²) in [6.45, 7) is 9.90. The van der Waals surface area contributed by atoms with Crippen molar-refractivity contribution in [2.75, 3.05) is 31.1 Å². The lowest BCUT2D eigenvalue weighted by Crippen LogP contribution is -2.36. The second kappa shape index (κ2) is 7.71. The molecule has 0 aromatic carbocycles. The van der Waals surface area contributed by atoms with Crippen molar-refractivity contribution in [3.8, 4) is 0 Å². The van der Waals surface area contributed by atoms with Crippen LogP contribution in [0.3, 0.4) is 0 Å². The van der Waals surface area contributed by atoms with E-state index in [1.807, 2.05) is 17.9 Å². The Labute approximate surface area is 174 Å². The summed E-state index contributed by atoms with van der Waals surface area (Å²) in [5.41, 5.74) is 5.22. The van der Waals surface area contributed by atoms with Gasteiger partial charge in [-0.15, -0.1) is 0 Å². The van der Waals surface area contributed by atoms with Crippen LogP contribution in [0.1, 0.15) is 66.4 Å². The Morgan fingerprint density at radius 2 is 1.93 bits per heavy atom. The Morgan fingerprint density at radius 1 is 1.07 bits per heavy atom. The Balaban J connectivity index is 1.35. The van der Waals surface area contributed by atoms with Gasteiger partial charge in [0, 0.05) is 61.7 Å². The van der Waals surface area contributed by atoms with E-state index in [1.165, 1.54) is 67.0 Å². The predicted molar refractivity (Wildman–Crippen MR) is 115 cm³/mol. The molecule has 0 spiro atoms. The fraction of sp³-hybridized carbons (Fsp3) is 0.696. The number of anilines is 1. The summed E-state index contributed by atoms with van der Waals surface area (Å²) >= 11 is 0. The maximum Gasteiger partial charge on any atom is 0.135 e. The van der Waals surface area contributed by atoms with Crippen molar-refractivity contribution in [3.05, 3.63) is 34.5 Å². The van der Waals surface area contributed by atoms with Gasteiger partial charge in [0.15, 0.2) is 0 Å². The van der Waals surface area contributed by atoms with Crippen LogP contribution < -0.4 is 4.90 Å². The highest BCUT2D eigenvalue weighted by molar-refractivity contribution is 5.51. The molecule has 2 aromatic rings. The first kappa shape index (κ1) is 19.0. The van der Waals surface area contributed by atoms with Gasteiger partial charge in [-0.25, -0.2) is 9.97 Å². The highest BCUT2D eigenvalue weighted by Gasteiger charge is 2.31. The van der Waals surface area contributed by atoms with E-state index < -0.39 is 0 Å². The normalized spacial score (nSPS) is 22.7. The lowest BCUT2D eigenvalue weighted by atomic mass is 9.95. The smallest absolute Gasteiger partial charge is 0.135 e. The van der Waals surface area contributed by atoms with Crippen LogP contribution in [0.4, 0.5) is 5.82 Å². The van der Waals surface area contributed by atoms with Gasteiger partial charge in [-0.2, -0.15) is 5.10 Å². The summed E-state index contributed by atoms with van der Waals surface area (Å²) < 4.78 is 1.97. The van der Waals surface area contributed by atoms with Gasteiger partial charge < -0.3 is 4.90 Å². The van der Waals surface area contributed by atoms with Crippen LogP contribution in [0.15, 0.2) is 6.20 Å². The molecule has 0 amide bonds. The zero-order valence-corrected chi connectivity index (χ0v) is 18.2. The first-order chi connectivity index (χ1) is 14.1. The van der Waals surface area contributed by atoms with Gasteiger partial charge in [-0.3, -0.25) is 9.58 Å². The van der Waals surface area contributed by atoms with Gasteiger partial charge in [-0.05, 0) is 64.8 Å². The van der Waals surface area contributed by atoms with E-state index in [1.54, 1.807) is 0 Å². The molecule has 6 heteroatoms. The number of piperidine rings is 1. The monoisotopic (exact) mass is 394 g/mol. The Morgan fingerprint density at radius 3 is 2.69 bits per heavy atom. The molecule has 2 fully saturated rings. The van der Waals surface area contributed by atoms with E-state index in [4.69, 9.17) is 9.97 Å². The minimum Gasteiger partial charge on any atom is -0.356 e. The average molecular weight is 395 g/mol. The molecule has 1 saturated heterocycles. The fourth-order valence-corrected chi connectivity index (χ4v) is 5.03. The van der Waals surface area contributed by atoms with Crippen LogP contribution in [0.25, 0.3) is 0 Å². The molecule has 1 aliphatic carbocycles. The number of aryl methyl sites for hydroxylation is 2. The topological polar surface area (TPSA) is 50.1 Å². The molecule has 0 unspecified atom stereocenters. The van der Waals surface area contributed by atoms with E-state index in [9.17, 15) is 0 Å². The maximum absolute atomic E-state index is 5.19. The lowest BCUT2D eigenvalue weighted by Gasteiger charge is -2.34. The first-order valence-corrected chi connectivity index (χ1v) is 11.4. The van der Waals surface area contributed by atoms with Crippen molar-refractivity contribution in [1.82, 2.24) is 24.6 Å². The van der Waals surface area contributed by atoms with Crippen molar-refractivity contribution >= 4 is 5.82 Å². The molecule has 1 saturated carbocycles. The quantitative estimate of drug-likeness (QED) is 0.778. The number of aromatic nitrogens is 4. The number of rotatable bonds is 5. The van der Waals surface area contributed by atoms with Crippen LogP contribution in [0.5, 0.6) is 0 Å². The zero-order chi connectivity index (χ0) is 20.0. The molecule has 5 rings (SSSR count). The third-order valence-electron chi connectivity index (χ3n) is 7.14. The molecular formula is C23H34N6. The molecule has 1 atom stereocenters. The third-order valence-corrected chi connectivity index (χ3v) is 7.14. The van der Waals surface area contributed by atoms with Gasteiger partial charge in [-0.1, -0.05) is 0 Å². The number of hydrogen-bond acceptors (Lipinski definition) is 5. The van der Waals surface area contributed by atoms with E-state index in [0.29, 0.717) is 5.92 Å². The largest absolute Gasteiger partial charge is 0.356 e. The first-order valence-electron chi connectivity index (χ1n) is 11.4. The van der Waals surface area contributed by atoms with Crippen molar-refractivity contribution in [1.29, 1.82) is 0 Å². The van der Waals surface area contributed by atoms with Crippen LogP contribution in [0.2, 0.25) is 0 Å². The minimum atomic E-state index is 0.439. The standard InChI is InChI=1S/C23H34N6/c1-16-21-7-5-11-29(13-18-8-9-18)23(21)26-22(25-16)19-6-4-10-28(14-19)15-20-12-24-27(3)17(20)2/h12,18-19H,4-11,13-15H2,1-3H3/t19-/m1/s1. The second-order valence-corrected chi connectivity index (χ2v) is 9.42. The summed E-state index contributed by atoms with van der Waals surface area (Å²) in [5, 5.41) is 4.42. The van der Waals surface area contributed by atoms with Gasteiger partial charge in [0.05, 0.1) is 6.20 Å². The molecule has 3 aliphatic rings. The number of fused-ring (bicyclic) bond motifs is 1. The molecule has 2 aliphatic heterocycles. The summed E-state index contributed by atoms with van der Waals surface area (Å²) in [4.78, 5) is 15.3. The summed E-state index contributed by atoms with van der Waals surface area (Å²) in [5.74, 6) is 3.67. The highest BCUT2D eigenvalue weighted by Crippen LogP contribution is 2.36. The van der Waals surface area contributed by atoms with Crippen molar-refractivity contribution in [2.45, 2.75) is 64.8 Å². The molecule has 0 N–H and O–H groups in total. The summed E-state index contributed by atoms with van der Waals surface area (Å²) in [7, 11) is 2.02. The molecule has 156 valence electrons. The van der Waals surface area contributed by atoms with Crippen LogP contribution in [0, 0.1) is 19.8 Å². The molecule has 2 aromatic heterocycles. The predicted octanol–water partition coefficient (Wildman–Crippen LogP) is 3.37. The summed E-state index contributed by atoms with van der Waals surface area (Å²) in [6.07, 6.45) is 9.61. The molecule has 29 heavy (non-hydrogen) atoms. The SMILES string of the molecule is Cc1nc([C@@H]2CCCN(Cc3cnn(C)c3C)C2)nc2c1CCCN2CC1CC1. The van der Waals surface area contributed by atoms with Gasteiger partial charge in [0.1, 0.15) is 11.6 Å². The lowest BCUT2D eigenvalue weighted by molar-refractivity contribution is 0.196. The van der Waals surface area contributed by atoms with E-state index in [0.717, 1.165) is 44.3 Å². The average Bonchev–Trinajstić information content (AvgIpc) is 3.49. The van der Waals surface area contributed by atoms with E-state index >= 15 is 0 Å². The Kier molecular flexibility index (Phi) is 5.06. The van der Waals surface area contributed by atoms with Gasteiger partial charge >= 0.3 is 0 Å². The van der Waals surface area contributed by atoms with Gasteiger partial charge in [0.2, 0.25) is 0 Å². The van der Waals surface area contributed by atoms with Crippen molar-refractivity contribution in [2.24, 2.45) is 13.0 Å². The molecule has 4 heterocycles. The molecule has 0 bridgehead atoms. The molecule has 6 nitrogen and oxygen atoms in total. The van der Waals surface area contributed by atoms with Gasteiger partial charge in [0.25, 0.3) is 0 Å². The number of nitrogens with zero attached hydrogens (tertiary/aromatic N) is 6. The highest BCUT2D eigenvalue weighted by atomic mass is 15.3. The molecule has 0 radical (unpaired) electrons. The van der Waals surface area contributed by atoms with Crippen LogP contribution >= 0.6 is 0 Å². The molecular weight excluding hydrogens is 360 g/mol. The number of hydrogen-bond donors (Lipinski definition) is 0. The fourth-order valence-electron chi connectivity index (χ4n) is 5.03. The zero-order valence-electron chi connectivity index (χ0n) is 18.2. The summed E-state index contributed by atoms with van der Waals surface area (Å²) in [6, 6.07) is 0. The van der Waals surface area contributed by atoms with Crippen LogP contribution in [-0.2, 0) is 20.0 Å². The second-order valence-electron chi connectivity index (χ2n) is 9.42. The van der Waals surface area contributed by atoms with Crippen molar-refractivity contribution in [3.63, 3.8) is 0 Å². The third kappa shape index (κ3) is 3.91. The number of likely N-dealkylation sites (tertiary alicyclic amines) is 1. The Hall–Kier alpha value is -1.95. The maximum atomic E-state index is 5.19. The van der Waals surface area contributed by atoms with E-state index in [2.05, 4.69) is 28.7 Å².